The molecule has 2 rings (SSSR count). The molecule has 1 aliphatic rings. The maximum absolute atomic E-state index is 13.5. The van der Waals surface area contributed by atoms with Crippen molar-refractivity contribution >= 4 is 21.6 Å². The highest BCUT2D eigenvalue weighted by Gasteiger charge is 2.35. The summed E-state index contributed by atoms with van der Waals surface area (Å²) in [6, 6.07) is 3.78. The highest BCUT2D eigenvalue weighted by Crippen LogP contribution is 2.27. The summed E-state index contributed by atoms with van der Waals surface area (Å²) in [4.78, 5) is 2.10. The van der Waals surface area contributed by atoms with E-state index in [1.54, 1.807) is 0 Å². The predicted octanol–water partition coefficient (Wildman–Crippen LogP) is 2.28. The highest BCUT2D eigenvalue weighted by molar-refractivity contribution is 7.89. The van der Waals surface area contributed by atoms with E-state index in [2.05, 4.69) is 0 Å². The first-order valence-electron chi connectivity index (χ1n) is 6.87. The van der Waals surface area contributed by atoms with Gasteiger partial charge in [-0.15, -0.1) is 11.6 Å². The van der Waals surface area contributed by atoms with Gasteiger partial charge in [-0.2, -0.15) is 4.31 Å². The first-order valence-corrected chi connectivity index (χ1v) is 8.84. The molecule has 0 bridgehead atoms. The average Bonchev–Trinajstić information content (AvgIpc) is 2.87. The van der Waals surface area contributed by atoms with E-state index >= 15 is 0 Å². The smallest absolute Gasteiger partial charge is 0.243 e. The van der Waals surface area contributed by atoms with Gasteiger partial charge in [0.15, 0.2) is 0 Å². The van der Waals surface area contributed by atoms with Gasteiger partial charge in [0.25, 0.3) is 0 Å². The fourth-order valence-electron chi connectivity index (χ4n) is 2.68. The Kier molecular flexibility index (Phi) is 5.24. The third-order valence-corrected chi connectivity index (χ3v) is 5.90. The lowest BCUT2D eigenvalue weighted by Gasteiger charge is -2.26. The van der Waals surface area contributed by atoms with Crippen molar-refractivity contribution in [3.8, 4) is 0 Å². The molecule has 118 valence electrons. The largest absolute Gasteiger partial charge is 0.308 e. The Labute approximate surface area is 130 Å². The average molecular weight is 335 g/mol. The Morgan fingerprint density at radius 3 is 2.76 bits per heavy atom. The highest BCUT2D eigenvalue weighted by atomic mass is 35.5. The zero-order valence-electron chi connectivity index (χ0n) is 12.2. The zero-order chi connectivity index (χ0) is 15.6. The maximum atomic E-state index is 13.5. The molecule has 7 heteroatoms. The number of nitrogens with zero attached hydrogens (tertiary/aromatic N) is 2. The van der Waals surface area contributed by atoms with Crippen molar-refractivity contribution in [1.82, 2.24) is 9.21 Å². The molecular formula is C14H20ClFN2O2S. The molecule has 1 fully saturated rings. The van der Waals surface area contributed by atoms with Gasteiger partial charge in [-0.25, -0.2) is 12.8 Å². The van der Waals surface area contributed by atoms with Gasteiger partial charge >= 0.3 is 0 Å². The van der Waals surface area contributed by atoms with E-state index in [4.69, 9.17) is 11.6 Å². The normalized spacial score (nSPS) is 20.3. The van der Waals surface area contributed by atoms with E-state index in [-0.39, 0.29) is 22.4 Å². The molecule has 0 radical (unpaired) electrons. The third-order valence-electron chi connectivity index (χ3n) is 3.67. The summed E-state index contributed by atoms with van der Waals surface area (Å²) in [6.45, 7) is 1.19. The SMILES string of the molecule is CN(C)CC1CCCN1S(=O)(=O)c1ccc(F)c(CCl)c1. The van der Waals surface area contributed by atoms with E-state index in [1.165, 1.54) is 22.5 Å². The minimum Gasteiger partial charge on any atom is -0.308 e. The molecule has 1 aromatic rings. The summed E-state index contributed by atoms with van der Waals surface area (Å²) >= 11 is 5.66. The molecule has 21 heavy (non-hydrogen) atoms. The Hall–Kier alpha value is -0.690. The van der Waals surface area contributed by atoms with Crippen LogP contribution < -0.4 is 0 Å². The van der Waals surface area contributed by atoms with Gasteiger partial charge in [0.1, 0.15) is 5.82 Å². The second-order valence-electron chi connectivity index (χ2n) is 5.56. The molecule has 0 N–H and O–H groups in total. The van der Waals surface area contributed by atoms with Gasteiger partial charge < -0.3 is 4.90 Å². The predicted molar refractivity (Wildman–Crippen MR) is 81.4 cm³/mol. The number of likely N-dealkylation sites (N-methyl/N-ethyl adjacent to an activating group) is 1. The minimum atomic E-state index is -3.60. The molecule has 1 atom stereocenters. The minimum absolute atomic E-state index is 0.0329. The van der Waals surface area contributed by atoms with Crippen LogP contribution in [0.2, 0.25) is 0 Å². The Bertz CT molecular complexity index is 607. The van der Waals surface area contributed by atoms with Crippen LogP contribution in [0.1, 0.15) is 18.4 Å². The number of sulfonamides is 1. The molecule has 0 spiro atoms. The first kappa shape index (κ1) is 16.7. The van der Waals surface area contributed by atoms with Crippen molar-refractivity contribution in [3.05, 3.63) is 29.6 Å². The van der Waals surface area contributed by atoms with Crippen LogP contribution in [-0.4, -0.2) is 50.8 Å². The van der Waals surface area contributed by atoms with Crippen LogP contribution >= 0.6 is 11.6 Å². The van der Waals surface area contributed by atoms with Crippen LogP contribution in [0.5, 0.6) is 0 Å². The lowest BCUT2D eigenvalue weighted by molar-refractivity contribution is 0.291. The van der Waals surface area contributed by atoms with Gasteiger partial charge in [0, 0.05) is 24.7 Å². The molecule has 4 nitrogen and oxygen atoms in total. The van der Waals surface area contributed by atoms with E-state index in [0.717, 1.165) is 12.8 Å². The molecule has 1 unspecified atom stereocenters. The summed E-state index contributed by atoms with van der Waals surface area (Å²) in [5, 5.41) is 0. The van der Waals surface area contributed by atoms with Gasteiger partial charge in [0.2, 0.25) is 10.0 Å². The second-order valence-corrected chi connectivity index (χ2v) is 7.72. The topological polar surface area (TPSA) is 40.6 Å². The number of halogens is 2. The lowest BCUT2D eigenvalue weighted by Crippen LogP contribution is -2.41. The summed E-state index contributed by atoms with van der Waals surface area (Å²) in [5.74, 6) is -0.522. The third kappa shape index (κ3) is 3.56. The molecule has 0 amide bonds. The van der Waals surface area contributed by atoms with Crippen LogP contribution in [0.15, 0.2) is 23.1 Å². The summed E-state index contributed by atoms with van der Waals surface area (Å²) in [5.41, 5.74) is 0.209. The second kappa shape index (κ2) is 6.60. The van der Waals surface area contributed by atoms with Crippen LogP contribution in [0, 0.1) is 5.82 Å². The Morgan fingerprint density at radius 1 is 1.43 bits per heavy atom. The van der Waals surface area contributed by atoms with E-state index in [9.17, 15) is 12.8 Å². The number of benzene rings is 1. The summed E-state index contributed by atoms with van der Waals surface area (Å²) in [6.07, 6.45) is 1.70. The molecule has 1 aromatic carbocycles. The summed E-state index contributed by atoms with van der Waals surface area (Å²) < 4.78 is 40.5. The molecular weight excluding hydrogens is 315 g/mol. The van der Waals surface area contributed by atoms with E-state index in [1.807, 2.05) is 19.0 Å². The van der Waals surface area contributed by atoms with E-state index < -0.39 is 15.8 Å². The lowest BCUT2D eigenvalue weighted by atomic mass is 10.2. The molecule has 0 aliphatic carbocycles. The van der Waals surface area contributed by atoms with Crippen molar-refractivity contribution in [3.63, 3.8) is 0 Å². The van der Waals surface area contributed by atoms with Crippen molar-refractivity contribution in [2.45, 2.75) is 29.7 Å². The van der Waals surface area contributed by atoms with Crippen LogP contribution in [0.25, 0.3) is 0 Å². The van der Waals surface area contributed by atoms with Crippen molar-refractivity contribution in [2.75, 3.05) is 27.2 Å². The van der Waals surface area contributed by atoms with Crippen LogP contribution in [0.3, 0.4) is 0 Å². The first-order chi connectivity index (χ1) is 9.86. The zero-order valence-corrected chi connectivity index (χ0v) is 13.8. The van der Waals surface area contributed by atoms with Crippen LogP contribution in [-0.2, 0) is 15.9 Å². The Balaban J connectivity index is 2.33. The quantitative estimate of drug-likeness (QED) is 0.776. The number of rotatable bonds is 5. The molecule has 1 saturated heterocycles. The van der Waals surface area contributed by atoms with Crippen molar-refractivity contribution in [2.24, 2.45) is 0 Å². The fourth-order valence-corrected chi connectivity index (χ4v) is 4.62. The van der Waals surface area contributed by atoms with Gasteiger partial charge in [-0.1, -0.05) is 0 Å². The molecule has 0 saturated carbocycles. The van der Waals surface area contributed by atoms with Gasteiger partial charge in [0.05, 0.1) is 10.8 Å². The van der Waals surface area contributed by atoms with Crippen LogP contribution in [0.4, 0.5) is 4.39 Å². The van der Waals surface area contributed by atoms with Crippen molar-refractivity contribution < 1.29 is 12.8 Å². The van der Waals surface area contributed by atoms with Crippen molar-refractivity contribution in [1.29, 1.82) is 0 Å². The van der Waals surface area contributed by atoms with E-state index in [0.29, 0.717) is 13.1 Å². The summed E-state index contributed by atoms with van der Waals surface area (Å²) in [7, 11) is 0.245. The molecule has 1 aliphatic heterocycles. The standard InChI is InChI=1S/C14H20ClFN2O2S/c1-17(2)10-12-4-3-7-18(12)21(19,20)13-5-6-14(16)11(8-13)9-15/h5-6,8,12H,3-4,7,9-10H2,1-2H3. The van der Waals surface area contributed by atoms with Gasteiger partial charge in [-0.05, 0) is 45.1 Å². The van der Waals surface area contributed by atoms with Gasteiger partial charge in [-0.3, -0.25) is 0 Å². The maximum Gasteiger partial charge on any atom is 0.243 e. The molecule has 0 aromatic heterocycles. The monoisotopic (exact) mass is 334 g/mol. The Morgan fingerprint density at radius 2 is 2.14 bits per heavy atom. The number of alkyl halides is 1. The number of hydrogen-bond acceptors (Lipinski definition) is 3. The molecule has 1 heterocycles. The number of hydrogen-bond donors (Lipinski definition) is 0. The fraction of sp³-hybridized carbons (Fsp3) is 0.571.